The molecule has 2 aliphatic heterocycles. The number of aliphatic hydroxyl groups is 2. The summed E-state index contributed by atoms with van der Waals surface area (Å²) in [7, 11) is -3.08. The monoisotopic (exact) mass is 553 g/mol. The zero-order valence-corrected chi connectivity index (χ0v) is 22.0. The van der Waals surface area contributed by atoms with Crippen molar-refractivity contribution < 1.29 is 32.2 Å². The number of nitrogens with one attached hydrogen (secondary N) is 1. The number of halogens is 2. The first kappa shape index (κ1) is 27.5. The fourth-order valence-electron chi connectivity index (χ4n) is 4.52. The minimum atomic E-state index is -3.08. The van der Waals surface area contributed by atoms with E-state index in [0.29, 0.717) is 29.4 Å². The van der Waals surface area contributed by atoms with E-state index in [1.807, 2.05) is 0 Å². The Morgan fingerprint density at radius 2 is 1.84 bits per heavy atom. The predicted molar refractivity (Wildman–Crippen MR) is 137 cm³/mol. The first-order chi connectivity index (χ1) is 17.2. The van der Waals surface area contributed by atoms with Gasteiger partial charge in [-0.05, 0) is 68.9 Å². The van der Waals surface area contributed by atoms with Gasteiger partial charge in [0.1, 0.15) is 27.3 Å². The molecule has 0 bridgehead atoms. The third kappa shape index (κ3) is 6.14. The molecule has 5 N–H and O–H groups in total. The standard InChI is InChI=1S/C25H29F2N3O5S2/c1-25(2,33)14-10-16(26)21(17(27)11-14)19-12-15(23(28)32)24(36-19)30-20-5-3-4-18(29-20)22(31)13-6-8-37(34,35)9-7-13/h3-5,10-11,13,19,22,31,33H,6-9,12H2,1-2H3,(H2,28,32)(H,29,30). The van der Waals surface area contributed by atoms with Crippen molar-refractivity contribution in [1.82, 2.24) is 4.98 Å². The summed E-state index contributed by atoms with van der Waals surface area (Å²) in [4.78, 5) is 16.6. The number of aromatic nitrogens is 1. The van der Waals surface area contributed by atoms with Crippen molar-refractivity contribution in [3.63, 3.8) is 0 Å². The second kappa shape index (κ2) is 10.3. The van der Waals surface area contributed by atoms with Gasteiger partial charge >= 0.3 is 0 Å². The lowest BCUT2D eigenvalue weighted by atomic mass is 9.93. The number of primary amides is 1. The summed E-state index contributed by atoms with van der Waals surface area (Å²) in [5.74, 6) is -2.34. The van der Waals surface area contributed by atoms with E-state index < -0.39 is 44.3 Å². The molecule has 4 rings (SSSR count). The number of aliphatic hydroxyl groups excluding tert-OH is 1. The number of pyridine rings is 1. The molecule has 1 saturated heterocycles. The van der Waals surface area contributed by atoms with E-state index in [1.54, 1.807) is 18.2 Å². The molecule has 2 unspecified atom stereocenters. The average Bonchev–Trinajstić information content (AvgIpc) is 3.21. The van der Waals surface area contributed by atoms with Gasteiger partial charge in [0.25, 0.3) is 0 Å². The second-order valence-corrected chi connectivity index (χ2v) is 13.4. The molecule has 1 fully saturated rings. The highest BCUT2D eigenvalue weighted by atomic mass is 32.2. The Morgan fingerprint density at radius 3 is 2.41 bits per heavy atom. The van der Waals surface area contributed by atoms with E-state index in [4.69, 9.17) is 5.73 Å². The average molecular weight is 554 g/mol. The fourth-order valence-corrected chi connectivity index (χ4v) is 7.42. The van der Waals surface area contributed by atoms with Crippen molar-refractivity contribution in [3.05, 3.63) is 69.4 Å². The lowest BCUT2D eigenvalue weighted by Crippen LogP contribution is -2.27. The van der Waals surface area contributed by atoms with Gasteiger partial charge in [-0.1, -0.05) is 17.8 Å². The molecule has 0 spiro atoms. The highest BCUT2D eigenvalue weighted by Crippen LogP contribution is 2.49. The van der Waals surface area contributed by atoms with Crippen LogP contribution in [0.25, 0.3) is 0 Å². The molecule has 1 aromatic carbocycles. The first-order valence-electron chi connectivity index (χ1n) is 11.8. The number of hydrogen-bond donors (Lipinski definition) is 4. The highest BCUT2D eigenvalue weighted by Gasteiger charge is 2.35. The van der Waals surface area contributed by atoms with Crippen LogP contribution < -0.4 is 11.1 Å². The number of thioether (sulfide) groups is 1. The zero-order chi connectivity index (χ0) is 27.1. The summed E-state index contributed by atoms with van der Waals surface area (Å²) in [5, 5.41) is 23.4. The summed E-state index contributed by atoms with van der Waals surface area (Å²) in [6.45, 7) is 2.85. The molecule has 8 nitrogen and oxygen atoms in total. The molecule has 2 aromatic rings. The Morgan fingerprint density at radius 1 is 1.22 bits per heavy atom. The van der Waals surface area contributed by atoms with Gasteiger partial charge < -0.3 is 21.3 Å². The normalized spacial score (nSPS) is 21.2. The SMILES string of the molecule is CC(C)(O)c1cc(F)c(C2CC(C(N)=O)=C(Nc3cccc(C(O)C4CCS(=O)(=O)CC4)n3)S2)c(F)c1. The van der Waals surface area contributed by atoms with Crippen LogP contribution in [0.2, 0.25) is 0 Å². The smallest absolute Gasteiger partial charge is 0.247 e. The Kier molecular flexibility index (Phi) is 7.67. The van der Waals surface area contributed by atoms with Gasteiger partial charge in [-0.15, -0.1) is 0 Å². The van der Waals surface area contributed by atoms with E-state index >= 15 is 0 Å². The number of nitrogens with two attached hydrogens (primary N) is 1. The molecule has 3 heterocycles. The summed E-state index contributed by atoms with van der Waals surface area (Å²) >= 11 is 1.03. The van der Waals surface area contributed by atoms with Gasteiger partial charge in [0.2, 0.25) is 5.91 Å². The molecule has 2 aliphatic rings. The van der Waals surface area contributed by atoms with E-state index in [-0.39, 0.29) is 40.5 Å². The second-order valence-electron chi connectivity index (χ2n) is 9.90. The number of hydrogen-bond acceptors (Lipinski definition) is 8. The summed E-state index contributed by atoms with van der Waals surface area (Å²) in [6, 6.07) is 7.06. The number of benzene rings is 1. The molecular formula is C25H29F2N3O5S2. The Bertz CT molecular complexity index is 1320. The molecule has 200 valence electrons. The van der Waals surface area contributed by atoms with E-state index in [2.05, 4.69) is 10.3 Å². The Labute approximate surface area is 218 Å². The van der Waals surface area contributed by atoms with Crippen molar-refractivity contribution in [2.75, 3.05) is 16.8 Å². The molecule has 0 saturated carbocycles. The Hall–Kier alpha value is -2.54. The minimum absolute atomic E-state index is 0.0170. The van der Waals surface area contributed by atoms with Gasteiger partial charge in [-0.3, -0.25) is 4.79 Å². The number of anilines is 1. The third-order valence-electron chi connectivity index (χ3n) is 6.69. The van der Waals surface area contributed by atoms with Crippen LogP contribution in [0.5, 0.6) is 0 Å². The third-order valence-corrected chi connectivity index (χ3v) is 9.68. The van der Waals surface area contributed by atoms with Crippen LogP contribution in [-0.2, 0) is 20.2 Å². The van der Waals surface area contributed by atoms with Crippen LogP contribution in [0.4, 0.5) is 14.6 Å². The summed E-state index contributed by atoms with van der Waals surface area (Å²) < 4.78 is 53.3. The van der Waals surface area contributed by atoms with Gasteiger partial charge in [0.15, 0.2) is 0 Å². The van der Waals surface area contributed by atoms with Crippen LogP contribution in [0.3, 0.4) is 0 Å². The molecule has 2 atom stereocenters. The molecular weight excluding hydrogens is 524 g/mol. The number of carbonyl (C=O) groups excluding carboxylic acids is 1. The molecule has 12 heteroatoms. The van der Waals surface area contributed by atoms with Crippen molar-refractivity contribution in [2.24, 2.45) is 11.7 Å². The van der Waals surface area contributed by atoms with Crippen LogP contribution in [0, 0.1) is 17.6 Å². The van der Waals surface area contributed by atoms with Crippen LogP contribution in [0.1, 0.15) is 61.3 Å². The number of sulfone groups is 1. The van der Waals surface area contributed by atoms with Crippen molar-refractivity contribution in [2.45, 2.75) is 50.1 Å². The maximum absolute atomic E-state index is 14.9. The fraction of sp³-hybridized carbons (Fsp3) is 0.440. The largest absolute Gasteiger partial charge is 0.387 e. The van der Waals surface area contributed by atoms with Crippen LogP contribution in [-0.4, -0.2) is 41.0 Å². The molecule has 0 radical (unpaired) electrons. The van der Waals surface area contributed by atoms with Gasteiger partial charge in [-0.2, -0.15) is 0 Å². The van der Waals surface area contributed by atoms with Crippen molar-refractivity contribution in [1.29, 1.82) is 0 Å². The maximum Gasteiger partial charge on any atom is 0.247 e. The quantitative estimate of drug-likeness (QED) is 0.409. The van der Waals surface area contributed by atoms with Gasteiger partial charge in [0.05, 0.1) is 33.9 Å². The lowest BCUT2D eigenvalue weighted by molar-refractivity contribution is -0.114. The lowest BCUT2D eigenvalue weighted by Gasteiger charge is -2.26. The number of rotatable bonds is 7. The van der Waals surface area contributed by atoms with E-state index in [9.17, 15) is 32.2 Å². The summed E-state index contributed by atoms with van der Waals surface area (Å²) in [5.41, 5.74) is 4.49. The molecule has 1 amide bonds. The minimum Gasteiger partial charge on any atom is -0.387 e. The first-order valence-corrected chi connectivity index (χ1v) is 14.5. The molecule has 0 aliphatic carbocycles. The van der Waals surface area contributed by atoms with Gasteiger partial charge in [0, 0.05) is 16.4 Å². The van der Waals surface area contributed by atoms with E-state index in [0.717, 1.165) is 23.9 Å². The molecule has 37 heavy (non-hydrogen) atoms. The Balaban J connectivity index is 1.54. The predicted octanol–water partition coefficient (Wildman–Crippen LogP) is 3.43. The number of amides is 1. The topological polar surface area (TPSA) is 143 Å². The van der Waals surface area contributed by atoms with E-state index in [1.165, 1.54) is 13.8 Å². The summed E-state index contributed by atoms with van der Waals surface area (Å²) in [6.07, 6.45) is -0.318. The van der Waals surface area contributed by atoms with Crippen LogP contribution >= 0.6 is 11.8 Å². The highest BCUT2D eigenvalue weighted by molar-refractivity contribution is 8.03. The maximum atomic E-state index is 14.9. The van der Waals surface area contributed by atoms with Gasteiger partial charge in [-0.25, -0.2) is 22.2 Å². The van der Waals surface area contributed by atoms with Crippen molar-refractivity contribution >= 4 is 33.3 Å². The van der Waals surface area contributed by atoms with Crippen molar-refractivity contribution in [3.8, 4) is 0 Å². The number of nitrogens with zero attached hydrogens (tertiary/aromatic N) is 1. The zero-order valence-electron chi connectivity index (χ0n) is 20.4. The van der Waals surface area contributed by atoms with Crippen LogP contribution in [0.15, 0.2) is 40.9 Å². The molecule has 1 aromatic heterocycles. The number of carbonyl (C=O) groups is 1.